The number of amides is 1. The Balaban J connectivity index is 1.42. The number of nitrogens with one attached hydrogen (secondary N) is 1. The summed E-state index contributed by atoms with van der Waals surface area (Å²) in [6, 6.07) is 21.2. The van der Waals surface area contributed by atoms with E-state index in [4.69, 9.17) is 21.1 Å². The molecule has 0 unspecified atom stereocenters. The smallest absolute Gasteiger partial charge is 0.262 e. The highest BCUT2D eigenvalue weighted by molar-refractivity contribution is 6.32. The molecule has 7 nitrogen and oxygen atoms in total. The number of Topliss-reactive ketones (excluding diaryl/α,β-unsaturated/α-hetero) is 2. The largest absolute Gasteiger partial charge is 0.493 e. The van der Waals surface area contributed by atoms with Gasteiger partial charge in [0, 0.05) is 53.5 Å². The number of rotatable bonds is 8. The third-order valence-electron chi connectivity index (χ3n) is 9.47. The Morgan fingerprint density at radius 3 is 2.02 bits per heavy atom. The van der Waals surface area contributed by atoms with E-state index >= 15 is 0 Å². The SMILES string of the molecule is COc1cc(C2C3=C(CC(C)(C)CC3=O)N(Cc3ccccc3)C3=C2C(=O)CC(C)(C)C3)cc(Cl)c1OCC(=O)Nc1ccc(C)cc1. The Morgan fingerprint density at radius 1 is 0.875 bits per heavy atom. The Labute approximate surface area is 288 Å². The molecule has 2 aliphatic carbocycles. The minimum absolute atomic E-state index is 0.0386. The molecule has 0 fully saturated rings. The summed E-state index contributed by atoms with van der Waals surface area (Å²) in [5.74, 6) is -0.321. The van der Waals surface area contributed by atoms with Gasteiger partial charge in [0.05, 0.1) is 12.1 Å². The van der Waals surface area contributed by atoms with Crippen molar-refractivity contribution in [3.05, 3.63) is 111 Å². The lowest BCUT2D eigenvalue weighted by atomic mass is 9.63. The number of ether oxygens (including phenoxy) is 2. The molecule has 0 radical (unpaired) electrons. The molecule has 0 bridgehead atoms. The average Bonchev–Trinajstić information content (AvgIpc) is 3.01. The van der Waals surface area contributed by atoms with Crippen LogP contribution in [0.15, 0.2) is 89.3 Å². The molecule has 0 atom stereocenters. The number of methoxy groups -OCH3 is 1. The van der Waals surface area contributed by atoms with Gasteiger partial charge in [0.1, 0.15) is 0 Å². The zero-order chi connectivity index (χ0) is 34.4. The molecule has 1 heterocycles. The number of ketones is 2. The van der Waals surface area contributed by atoms with E-state index in [1.165, 1.54) is 7.11 Å². The van der Waals surface area contributed by atoms with Crippen LogP contribution in [0.1, 0.15) is 76.0 Å². The van der Waals surface area contributed by atoms with Crippen LogP contribution in [-0.4, -0.2) is 36.1 Å². The zero-order valence-corrected chi connectivity index (χ0v) is 29.3. The van der Waals surface area contributed by atoms with Crippen LogP contribution in [0.2, 0.25) is 5.02 Å². The second-order valence-corrected chi connectivity index (χ2v) is 15.3. The number of hydrogen-bond acceptors (Lipinski definition) is 6. The highest BCUT2D eigenvalue weighted by Crippen LogP contribution is 2.55. The number of aryl methyl sites for hydroxylation is 1. The molecule has 3 aromatic carbocycles. The van der Waals surface area contributed by atoms with Gasteiger partial charge in [-0.3, -0.25) is 14.4 Å². The minimum atomic E-state index is -0.598. The summed E-state index contributed by atoms with van der Waals surface area (Å²) in [4.78, 5) is 43.5. The number of halogens is 1. The molecular formula is C40H43ClN2O5. The van der Waals surface area contributed by atoms with E-state index in [-0.39, 0.29) is 45.7 Å². The van der Waals surface area contributed by atoms with Crippen molar-refractivity contribution in [2.24, 2.45) is 10.8 Å². The molecule has 6 rings (SSSR count). The van der Waals surface area contributed by atoms with Gasteiger partial charge in [0.25, 0.3) is 5.91 Å². The zero-order valence-electron chi connectivity index (χ0n) is 28.5. The molecule has 0 saturated carbocycles. The van der Waals surface area contributed by atoms with E-state index in [9.17, 15) is 14.4 Å². The van der Waals surface area contributed by atoms with Crippen molar-refractivity contribution < 1.29 is 23.9 Å². The molecule has 1 amide bonds. The highest BCUT2D eigenvalue weighted by atomic mass is 35.5. The third-order valence-corrected chi connectivity index (χ3v) is 9.75. The van der Waals surface area contributed by atoms with Gasteiger partial charge in [-0.15, -0.1) is 0 Å². The summed E-state index contributed by atoms with van der Waals surface area (Å²) in [5.41, 5.74) is 6.31. The van der Waals surface area contributed by atoms with Crippen molar-refractivity contribution in [3.8, 4) is 11.5 Å². The van der Waals surface area contributed by atoms with E-state index in [0.29, 0.717) is 60.4 Å². The Hall–Kier alpha value is -4.36. The van der Waals surface area contributed by atoms with Crippen molar-refractivity contribution in [1.29, 1.82) is 0 Å². The summed E-state index contributed by atoms with van der Waals surface area (Å²) in [5, 5.41) is 3.06. The van der Waals surface area contributed by atoms with Crippen LogP contribution in [0.4, 0.5) is 5.69 Å². The first-order valence-electron chi connectivity index (χ1n) is 16.5. The summed E-state index contributed by atoms with van der Waals surface area (Å²) >= 11 is 6.89. The summed E-state index contributed by atoms with van der Waals surface area (Å²) < 4.78 is 11.7. The fraction of sp³-hybridized carbons (Fsp3) is 0.375. The number of allylic oxidation sites excluding steroid dienone is 4. The van der Waals surface area contributed by atoms with Gasteiger partial charge in [0.2, 0.25) is 0 Å². The van der Waals surface area contributed by atoms with Crippen LogP contribution < -0.4 is 14.8 Å². The monoisotopic (exact) mass is 666 g/mol. The van der Waals surface area contributed by atoms with Crippen molar-refractivity contribution >= 4 is 34.8 Å². The van der Waals surface area contributed by atoms with E-state index in [1.807, 2.05) is 49.4 Å². The molecule has 0 spiro atoms. The maximum Gasteiger partial charge on any atom is 0.262 e. The maximum absolute atomic E-state index is 14.2. The summed E-state index contributed by atoms with van der Waals surface area (Å²) in [7, 11) is 1.51. The molecule has 1 aliphatic heterocycles. The predicted molar refractivity (Wildman–Crippen MR) is 188 cm³/mol. The number of nitrogens with zero attached hydrogens (tertiary/aromatic N) is 1. The van der Waals surface area contributed by atoms with Crippen LogP contribution in [0, 0.1) is 17.8 Å². The molecule has 1 N–H and O–H groups in total. The van der Waals surface area contributed by atoms with Crippen LogP contribution in [0.25, 0.3) is 0 Å². The minimum Gasteiger partial charge on any atom is -0.493 e. The van der Waals surface area contributed by atoms with E-state index in [2.05, 4.69) is 50.0 Å². The number of carbonyl (C=O) groups is 3. The van der Waals surface area contributed by atoms with Gasteiger partial charge >= 0.3 is 0 Å². The number of benzene rings is 3. The Morgan fingerprint density at radius 2 is 1.46 bits per heavy atom. The number of carbonyl (C=O) groups excluding carboxylic acids is 3. The molecule has 3 aliphatic rings. The summed E-state index contributed by atoms with van der Waals surface area (Å²) in [6.07, 6.45) is 2.16. The number of anilines is 1. The van der Waals surface area contributed by atoms with Crippen LogP contribution in [0.3, 0.4) is 0 Å². The molecule has 250 valence electrons. The van der Waals surface area contributed by atoms with Crippen molar-refractivity contribution in [3.63, 3.8) is 0 Å². The van der Waals surface area contributed by atoms with E-state index < -0.39 is 5.92 Å². The molecule has 3 aromatic rings. The lowest BCUT2D eigenvalue weighted by Gasteiger charge is -2.49. The highest BCUT2D eigenvalue weighted by Gasteiger charge is 2.49. The van der Waals surface area contributed by atoms with Crippen molar-refractivity contribution in [1.82, 2.24) is 4.90 Å². The molecule has 48 heavy (non-hydrogen) atoms. The third kappa shape index (κ3) is 6.79. The van der Waals surface area contributed by atoms with Gasteiger partial charge < -0.3 is 19.7 Å². The Bertz CT molecular complexity index is 1780. The average molecular weight is 667 g/mol. The second-order valence-electron chi connectivity index (χ2n) is 14.8. The fourth-order valence-electron chi connectivity index (χ4n) is 7.36. The van der Waals surface area contributed by atoms with Crippen LogP contribution >= 0.6 is 11.6 Å². The fourth-order valence-corrected chi connectivity index (χ4v) is 7.63. The van der Waals surface area contributed by atoms with E-state index in [1.54, 1.807) is 12.1 Å². The van der Waals surface area contributed by atoms with Gasteiger partial charge in [0.15, 0.2) is 29.7 Å². The predicted octanol–water partition coefficient (Wildman–Crippen LogP) is 8.56. The molecular weight excluding hydrogens is 624 g/mol. The molecule has 0 aromatic heterocycles. The van der Waals surface area contributed by atoms with Crippen LogP contribution in [0.5, 0.6) is 11.5 Å². The first-order chi connectivity index (χ1) is 22.7. The van der Waals surface area contributed by atoms with E-state index in [0.717, 1.165) is 22.5 Å². The van der Waals surface area contributed by atoms with Gasteiger partial charge in [-0.05, 0) is 66.0 Å². The summed E-state index contributed by atoms with van der Waals surface area (Å²) in [6.45, 7) is 10.8. The first-order valence-corrected chi connectivity index (χ1v) is 16.8. The second kappa shape index (κ2) is 12.9. The van der Waals surface area contributed by atoms with Gasteiger partial charge in [-0.1, -0.05) is 87.3 Å². The quantitative estimate of drug-likeness (QED) is 0.259. The van der Waals surface area contributed by atoms with Crippen LogP contribution in [-0.2, 0) is 20.9 Å². The van der Waals surface area contributed by atoms with Crippen molar-refractivity contribution in [2.75, 3.05) is 19.0 Å². The molecule has 0 saturated heterocycles. The maximum atomic E-state index is 14.2. The van der Waals surface area contributed by atoms with Crippen molar-refractivity contribution in [2.45, 2.75) is 72.8 Å². The number of hydrogen-bond donors (Lipinski definition) is 1. The Kier molecular flexibility index (Phi) is 9.03. The topological polar surface area (TPSA) is 84.9 Å². The molecule has 8 heteroatoms. The standard InChI is InChI=1S/C40H43ClN2O5/c1-24-12-14-27(15-13-24)42-34(46)23-48-38-28(41)16-26(17-33(38)47-6)35-36-29(18-39(2,3)20-31(36)44)43(22-25-10-8-7-9-11-25)30-19-40(4,5)21-32(45)37(30)35/h7-17,35H,18-23H2,1-6H3,(H,42,46). The van der Waals surface area contributed by atoms with Gasteiger partial charge in [-0.2, -0.15) is 0 Å². The lowest BCUT2D eigenvalue weighted by molar-refractivity contribution is -0.120. The first kappa shape index (κ1) is 33.5. The van der Waals surface area contributed by atoms with Gasteiger partial charge in [-0.25, -0.2) is 0 Å². The normalized spacial score (nSPS) is 18.8. The lowest BCUT2D eigenvalue weighted by Crippen LogP contribution is -2.44.